The third kappa shape index (κ3) is 4.31. The van der Waals surface area contributed by atoms with Crippen molar-refractivity contribution in [3.63, 3.8) is 0 Å². The maximum atomic E-state index is 12.7. The number of carbonyl (C=O) groups is 2. The highest BCUT2D eigenvalue weighted by atomic mass is 16.5. The molecule has 0 bridgehead atoms. The van der Waals surface area contributed by atoms with E-state index in [4.69, 9.17) is 10.5 Å². The second kappa shape index (κ2) is 7.87. The zero-order chi connectivity index (χ0) is 17.8. The normalized spacial score (nSPS) is 22.5. The molecule has 1 aromatic carbocycles. The Morgan fingerprint density at radius 2 is 2.00 bits per heavy atom. The summed E-state index contributed by atoms with van der Waals surface area (Å²) in [4.78, 5) is 26.0. The highest BCUT2D eigenvalue weighted by Gasteiger charge is 2.30. The third-order valence-corrected chi connectivity index (χ3v) is 5.34. The minimum atomic E-state index is -0.234. The average molecular weight is 345 g/mol. The van der Waals surface area contributed by atoms with Crippen LogP contribution in [-0.4, -0.2) is 42.5 Å². The van der Waals surface area contributed by atoms with Gasteiger partial charge in [0, 0.05) is 18.4 Å². The molecule has 0 aromatic heterocycles. The summed E-state index contributed by atoms with van der Waals surface area (Å²) in [5.74, 6) is 1.03. The van der Waals surface area contributed by atoms with Crippen LogP contribution in [0.4, 0.5) is 0 Å². The summed E-state index contributed by atoms with van der Waals surface area (Å²) >= 11 is 0. The lowest BCUT2D eigenvalue weighted by atomic mass is 9.92. The number of hydrogen-bond donors (Lipinski definition) is 2. The van der Waals surface area contributed by atoms with Gasteiger partial charge in [0.1, 0.15) is 5.75 Å². The van der Waals surface area contributed by atoms with E-state index in [2.05, 4.69) is 10.2 Å². The first kappa shape index (κ1) is 17.7. The number of carbonyl (C=O) groups excluding carboxylic acids is 2. The molecule has 0 spiro atoms. The van der Waals surface area contributed by atoms with Gasteiger partial charge in [-0.05, 0) is 44.8 Å². The van der Waals surface area contributed by atoms with E-state index in [-0.39, 0.29) is 23.9 Å². The summed E-state index contributed by atoms with van der Waals surface area (Å²) in [6.07, 6.45) is 3.07. The Bertz CT molecular complexity index is 626. The standard InChI is InChI=1S/C19H27N3O3/c1-13(22-9-6-14(7-10-22)12-18(20)23)19(24)21-16-8-11-25-17-5-3-2-4-15(16)17/h2-5,13-14,16H,6-12H2,1H3,(H2,20,23)(H,21,24)/t13-,16-/m1/s1. The van der Waals surface area contributed by atoms with Gasteiger partial charge in [-0.2, -0.15) is 0 Å². The molecule has 136 valence electrons. The van der Waals surface area contributed by atoms with Crippen LogP contribution >= 0.6 is 0 Å². The SMILES string of the molecule is C[C@H](C(=O)N[C@@H]1CCOc2ccccc21)N1CCC(CC(N)=O)CC1. The van der Waals surface area contributed by atoms with Crippen molar-refractivity contribution in [3.05, 3.63) is 29.8 Å². The molecule has 0 radical (unpaired) electrons. The Morgan fingerprint density at radius 3 is 2.72 bits per heavy atom. The van der Waals surface area contributed by atoms with Crippen molar-refractivity contribution in [2.24, 2.45) is 11.7 Å². The van der Waals surface area contributed by atoms with Gasteiger partial charge in [0.05, 0.1) is 18.7 Å². The zero-order valence-electron chi connectivity index (χ0n) is 14.7. The van der Waals surface area contributed by atoms with E-state index in [1.54, 1.807) is 0 Å². The van der Waals surface area contributed by atoms with Crippen LogP contribution < -0.4 is 15.8 Å². The Morgan fingerprint density at radius 1 is 1.28 bits per heavy atom. The maximum Gasteiger partial charge on any atom is 0.237 e. The number of nitrogens with one attached hydrogen (secondary N) is 1. The lowest BCUT2D eigenvalue weighted by Crippen LogP contribution is -2.49. The second-order valence-electron chi connectivity index (χ2n) is 7.06. The summed E-state index contributed by atoms with van der Waals surface area (Å²) in [6.45, 7) is 4.23. The van der Waals surface area contributed by atoms with Gasteiger partial charge in [-0.15, -0.1) is 0 Å². The van der Waals surface area contributed by atoms with Crippen molar-refractivity contribution in [2.45, 2.75) is 44.7 Å². The predicted octanol–water partition coefficient (Wildman–Crippen LogP) is 1.60. The summed E-state index contributed by atoms with van der Waals surface area (Å²) in [6, 6.07) is 7.71. The maximum absolute atomic E-state index is 12.7. The van der Waals surface area contributed by atoms with Gasteiger partial charge in [0.25, 0.3) is 0 Å². The van der Waals surface area contributed by atoms with Gasteiger partial charge in [-0.3, -0.25) is 14.5 Å². The van der Waals surface area contributed by atoms with Crippen LogP contribution in [0.15, 0.2) is 24.3 Å². The number of benzene rings is 1. The molecular weight excluding hydrogens is 318 g/mol. The van der Waals surface area contributed by atoms with Crippen LogP contribution in [0, 0.1) is 5.92 Å². The van der Waals surface area contributed by atoms with E-state index in [1.807, 2.05) is 31.2 Å². The fraction of sp³-hybridized carbons (Fsp3) is 0.579. The van der Waals surface area contributed by atoms with Gasteiger partial charge in [0.15, 0.2) is 0 Å². The average Bonchev–Trinajstić information content (AvgIpc) is 2.61. The first-order valence-corrected chi connectivity index (χ1v) is 9.09. The molecule has 2 amide bonds. The quantitative estimate of drug-likeness (QED) is 0.849. The lowest BCUT2D eigenvalue weighted by molar-refractivity contribution is -0.128. The van der Waals surface area contributed by atoms with Crippen molar-refractivity contribution in [1.29, 1.82) is 0 Å². The summed E-state index contributed by atoms with van der Waals surface area (Å²) in [5.41, 5.74) is 6.33. The van der Waals surface area contributed by atoms with Crippen LogP contribution in [0.2, 0.25) is 0 Å². The van der Waals surface area contributed by atoms with Gasteiger partial charge >= 0.3 is 0 Å². The Hall–Kier alpha value is -2.08. The van der Waals surface area contributed by atoms with E-state index in [1.165, 1.54) is 0 Å². The van der Waals surface area contributed by atoms with Gasteiger partial charge in [0.2, 0.25) is 11.8 Å². The minimum absolute atomic E-state index is 0.00676. The lowest BCUT2D eigenvalue weighted by Gasteiger charge is -2.36. The smallest absolute Gasteiger partial charge is 0.237 e. The van der Waals surface area contributed by atoms with Crippen molar-refractivity contribution in [1.82, 2.24) is 10.2 Å². The number of piperidine rings is 1. The molecule has 3 N–H and O–H groups in total. The highest BCUT2D eigenvalue weighted by molar-refractivity contribution is 5.82. The Balaban J connectivity index is 1.55. The molecule has 25 heavy (non-hydrogen) atoms. The van der Waals surface area contributed by atoms with Gasteiger partial charge < -0.3 is 15.8 Å². The van der Waals surface area contributed by atoms with E-state index in [0.717, 1.165) is 43.7 Å². The molecule has 1 saturated heterocycles. The molecule has 0 aliphatic carbocycles. The monoisotopic (exact) mass is 345 g/mol. The van der Waals surface area contributed by atoms with Crippen LogP contribution in [-0.2, 0) is 9.59 Å². The predicted molar refractivity (Wildman–Crippen MR) is 95.0 cm³/mol. The first-order valence-electron chi connectivity index (χ1n) is 9.09. The zero-order valence-corrected chi connectivity index (χ0v) is 14.7. The second-order valence-corrected chi connectivity index (χ2v) is 7.06. The van der Waals surface area contributed by atoms with Crippen LogP contribution in [0.3, 0.4) is 0 Å². The molecule has 2 aliphatic rings. The van der Waals surface area contributed by atoms with Crippen LogP contribution in [0.1, 0.15) is 44.2 Å². The van der Waals surface area contributed by atoms with Crippen LogP contribution in [0.25, 0.3) is 0 Å². The Labute approximate surface area is 148 Å². The van der Waals surface area contributed by atoms with E-state index in [0.29, 0.717) is 18.9 Å². The highest BCUT2D eigenvalue weighted by Crippen LogP contribution is 2.31. The number of hydrogen-bond acceptors (Lipinski definition) is 4. The molecule has 2 aliphatic heterocycles. The fourth-order valence-corrected chi connectivity index (χ4v) is 3.78. The first-order chi connectivity index (χ1) is 12.0. The molecule has 3 rings (SSSR count). The van der Waals surface area contributed by atoms with E-state index >= 15 is 0 Å². The fourth-order valence-electron chi connectivity index (χ4n) is 3.78. The molecule has 0 saturated carbocycles. The number of nitrogens with two attached hydrogens (primary N) is 1. The molecule has 6 nitrogen and oxygen atoms in total. The number of likely N-dealkylation sites (tertiary alicyclic amines) is 1. The largest absolute Gasteiger partial charge is 0.493 e. The molecule has 6 heteroatoms. The molecule has 2 atom stereocenters. The number of ether oxygens (including phenoxy) is 1. The van der Waals surface area contributed by atoms with Gasteiger partial charge in [-0.25, -0.2) is 0 Å². The number of nitrogens with zero attached hydrogens (tertiary/aromatic N) is 1. The molecule has 0 unspecified atom stereocenters. The molecule has 1 fully saturated rings. The van der Waals surface area contributed by atoms with Crippen LogP contribution in [0.5, 0.6) is 5.75 Å². The third-order valence-electron chi connectivity index (χ3n) is 5.34. The number of fused-ring (bicyclic) bond motifs is 1. The minimum Gasteiger partial charge on any atom is -0.493 e. The molecule has 2 heterocycles. The number of amides is 2. The number of primary amides is 1. The molecular formula is C19H27N3O3. The van der Waals surface area contributed by atoms with Crippen molar-refractivity contribution in [2.75, 3.05) is 19.7 Å². The summed E-state index contributed by atoms with van der Waals surface area (Å²) in [7, 11) is 0. The van der Waals surface area contributed by atoms with Crippen molar-refractivity contribution >= 4 is 11.8 Å². The number of rotatable bonds is 5. The van der Waals surface area contributed by atoms with E-state index in [9.17, 15) is 9.59 Å². The number of para-hydroxylation sites is 1. The Kier molecular flexibility index (Phi) is 5.58. The summed E-state index contributed by atoms with van der Waals surface area (Å²) < 4.78 is 5.66. The van der Waals surface area contributed by atoms with E-state index < -0.39 is 0 Å². The molecule has 1 aromatic rings. The topological polar surface area (TPSA) is 84.7 Å². The van der Waals surface area contributed by atoms with Gasteiger partial charge in [-0.1, -0.05) is 18.2 Å². The van der Waals surface area contributed by atoms with Crippen molar-refractivity contribution < 1.29 is 14.3 Å². The van der Waals surface area contributed by atoms with Crippen molar-refractivity contribution in [3.8, 4) is 5.75 Å². The summed E-state index contributed by atoms with van der Waals surface area (Å²) in [5, 5.41) is 3.18.